The van der Waals surface area contributed by atoms with Crippen LogP contribution in [0.25, 0.3) is 10.6 Å². The number of benzene rings is 2. The molecule has 0 bridgehead atoms. The smallest absolute Gasteiger partial charge is 0.465 e. The summed E-state index contributed by atoms with van der Waals surface area (Å²) in [4.78, 5) is 16.3. The van der Waals surface area contributed by atoms with Crippen LogP contribution in [0.3, 0.4) is 0 Å². The summed E-state index contributed by atoms with van der Waals surface area (Å²) in [5.74, 6) is -0.854. The summed E-state index contributed by atoms with van der Waals surface area (Å²) in [7, 11) is -2.86. The van der Waals surface area contributed by atoms with E-state index in [-0.39, 0.29) is 28.6 Å². The lowest BCUT2D eigenvalue weighted by Gasteiger charge is -2.22. The molecule has 0 amide bonds. The molecule has 2 aromatic carbocycles. The van der Waals surface area contributed by atoms with Gasteiger partial charge in [0.25, 0.3) is 10.0 Å². The third-order valence-corrected chi connectivity index (χ3v) is 7.39. The monoisotopic (exact) mass is 514 g/mol. The van der Waals surface area contributed by atoms with E-state index in [4.69, 9.17) is 4.74 Å². The first kappa shape index (κ1) is 25.5. The number of ether oxygens (including phenoxy) is 2. The second-order valence-corrected chi connectivity index (χ2v) is 9.85. The fourth-order valence-electron chi connectivity index (χ4n) is 3.09. The number of aryl methyl sites for hydroxylation is 1. The number of rotatable bonds is 8. The number of methoxy groups -OCH3 is 1. The summed E-state index contributed by atoms with van der Waals surface area (Å²) < 4.78 is 73.7. The van der Waals surface area contributed by atoms with Crippen LogP contribution in [0.4, 0.5) is 19.0 Å². The molecule has 0 fully saturated rings. The highest BCUT2D eigenvalue weighted by Gasteiger charge is 2.31. The van der Waals surface area contributed by atoms with Crippen molar-refractivity contribution in [3.8, 4) is 16.3 Å². The van der Waals surface area contributed by atoms with E-state index in [1.54, 1.807) is 12.3 Å². The maximum atomic E-state index is 13.4. The van der Waals surface area contributed by atoms with E-state index < -0.39 is 22.4 Å². The van der Waals surface area contributed by atoms with Gasteiger partial charge in [-0.1, -0.05) is 13.0 Å². The normalized spacial score (nSPS) is 11.8. The molecule has 182 valence electrons. The van der Waals surface area contributed by atoms with Gasteiger partial charge in [-0.25, -0.2) is 22.5 Å². The van der Waals surface area contributed by atoms with Crippen LogP contribution in [0.15, 0.2) is 52.7 Å². The maximum absolute atomic E-state index is 13.4. The van der Waals surface area contributed by atoms with E-state index in [0.717, 1.165) is 27.8 Å². The van der Waals surface area contributed by atoms with Gasteiger partial charge in [-0.15, -0.1) is 24.5 Å². The number of esters is 1. The molecular formula is C22H21F3N2O5S2. The molecule has 0 spiro atoms. The molecule has 0 aliphatic carbocycles. The fourth-order valence-corrected chi connectivity index (χ4v) is 5.50. The lowest BCUT2D eigenvalue weighted by atomic mass is 10.1. The summed E-state index contributed by atoms with van der Waals surface area (Å²) in [5.41, 5.74) is 1.21. The molecule has 1 heterocycles. The maximum Gasteiger partial charge on any atom is 0.573 e. The third kappa shape index (κ3) is 5.68. The second kappa shape index (κ2) is 10.0. The highest BCUT2D eigenvalue weighted by atomic mass is 32.2. The zero-order chi connectivity index (χ0) is 25.1. The number of anilines is 1. The van der Waals surface area contributed by atoms with E-state index >= 15 is 0 Å². The Balaban J connectivity index is 1.94. The minimum Gasteiger partial charge on any atom is -0.465 e. The van der Waals surface area contributed by atoms with E-state index in [0.29, 0.717) is 22.6 Å². The number of halogens is 3. The Labute approximate surface area is 198 Å². The number of aromatic nitrogens is 1. The SMILES string of the molecule is CCCN(c1csc(-c2ccc(OC(F)(F)F)cc2)n1)S(=O)(=O)c1ccc(C)c(C(=O)OC)c1. The molecule has 34 heavy (non-hydrogen) atoms. The number of hydrogen-bond acceptors (Lipinski definition) is 7. The molecule has 12 heteroatoms. The Morgan fingerprint density at radius 3 is 2.41 bits per heavy atom. The molecule has 3 aromatic rings. The van der Waals surface area contributed by atoms with Gasteiger partial charge >= 0.3 is 12.3 Å². The third-order valence-electron chi connectivity index (χ3n) is 4.71. The number of alkyl halides is 3. The molecule has 0 N–H and O–H groups in total. The predicted molar refractivity (Wildman–Crippen MR) is 122 cm³/mol. The predicted octanol–water partition coefficient (Wildman–Crippen LogP) is 5.41. The molecule has 0 atom stereocenters. The number of hydrogen-bond donors (Lipinski definition) is 0. The van der Waals surface area contributed by atoms with Crippen LogP contribution in [0.1, 0.15) is 29.3 Å². The van der Waals surface area contributed by atoms with Crippen molar-refractivity contribution in [1.82, 2.24) is 4.98 Å². The molecule has 0 aliphatic heterocycles. The number of carbonyl (C=O) groups excluding carboxylic acids is 1. The van der Waals surface area contributed by atoms with Crippen LogP contribution in [-0.4, -0.2) is 39.4 Å². The van der Waals surface area contributed by atoms with Crippen molar-refractivity contribution >= 4 is 33.1 Å². The van der Waals surface area contributed by atoms with Gasteiger partial charge in [0.15, 0.2) is 5.82 Å². The van der Waals surface area contributed by atoms with Crippen molar-refractivity contribution in [3.63, 3.8) is 0 Å². The fraction of sp³-hybridized carbons (Fsp3) is 0.273. The largest absolute Gasteiger partial charge is 0.573 e. The standard InChI is InChI=1S/C22H21F3N2O5S2/c1-4-11-27(34(29,30)17-10-5-14(2)18(12-17)21(28)31-3)19-13-33-20(26-19)15-6-8-16(9-7-15)32-22(23,24)25/h5-10,12-13H,4,11H2,1-3H3. The summed E-state index contributed by atoms with van der Waals surface area (Å²) in [6.07, 6.45) is -4.31. The minimum atomic E-state index is -4.80. The van der Waals surface area contributed by atoms with Crippen LogP contribution >= 0.6 is 11.3 Å². The van der Waals surface area contributed by atoms with Crippen molar-refractivity contribution in [2.45, 2.75) is 31.5 Å². The number of thiazole rings is 1. The van der Waals surface area contributed by atoms with Gasteiger partial charge in [-0.3, -0.25) is 0 Å². The quantitative estimate of drug-likeness (QED) is 0.374. The Morgan fingerprint density at radius 2 is 1.82 bits per heavy atom. The van der Waals surface area contributed by atoms with Gasteiger partial charge in [0, 0.05) is 17.5 Å². The van der Waals surface area contributed by atoms with E-state index in [1.165, 1.54) is 37.4 Å². The highest BCUT2D eigenvalue weighted by Crippen LogP contribution is 2.33. The summed E-state index contributed by atoms with van der Waals surface area (Å²) in [5, 5.41) is 1.97. The minimum absolute atomic E-state index is 0.0878. The summed E-state index contributed by atoms with van der Waals surface area (Å²) >= 11 is 1.15. The van der Waals surface area contributed by atoms with Gasteiger partial charge in [-0.05, 0) is 55.3 Å². The van der Waals surface area contributed by atoms with Gasteiger partial charge < -0.3 is 9.47 Å². The molecule has 0 unspecified atom stereocenters. The lowest BCUT2D eigenvalue weighted by molar-refractivity contribution is -0.274. The molecule has 7 nitrogen and oxygen atoms in total. The van der Waals surface area contributed by atoms with Crippen molar-refractivity contribution in [2.75, 3.05) is 18.0 Å². The molecular weight excluding hydrogens is 493 g/mol. The molecule has 3 rings (SSSR count). The van der Waals surface area contributed by atoms with Gasteiger partial charge in [0.2, 0.25) is 0 Å². The second-order valence-electron chi connectivity index (χ2n) is 7.13. The first-order chi connectivity index (χ1) is 16.0. The van der Waals surface area contributed by atoms with Crippen LogP contribution in [0, 0.1) is 6.92 Å². The Hall–Kier alpha value is -3.12. The Bertz CT molecular complexity index is 1270. The number of nitrogens with zero attached hydrogens (tertiary/aromatic N) is 2. The zero-order valence-electron chi connectivity index (χ0n) is 18.4. The van der Waals surface area contributed by atoms with Crippen molar-refractivity contribution in [1.29, 1.82) is 0 Å². The Kier molecular flexibility index (Phi) is 7.51. The van der Waals surface area contributed by atoms with Crippen molar-refractivity contribution in [2.24, 2.45) is 0 Å². The van der Waals surface area contributed by atoms with Gasteiger partial charge in [0.05, 0.1) is 17.6 Å². The highest BCUT2D eigenvalue weighted by molar-refractivity contribution is 7.92. The zero-order valence-corrected chi connectivity index (χ0v) is 20.1. The topological polar surface area (TPSA) is 85.8 Å². The molecule has 1 aromatic heterocycles. The number of sulfonamides is 1. The van der Waals surface area contributed by atoms with E-state index in [9.17, 15) is 26.4 Å². The average molecular weight is 515 g/mol. The van der Waals surface area contributed by atoms with E-state index in [1.807, 2.05) is 6.92 Å². The lowest BCUT2D eigenvalue weighted by Crippen LogP contribution is -2.32. The molecule has 0 radical (unpaired) electrons. The average Bonchev–Trinajstić information content (AvgIpc) is 3.26. The first-order valence-electron chi connectivity index (χ1n) is 9.99. The van der Waals surface area contributed by atoms with Crippen LogP contribution in [-0.2, 0) is 14.8 Å². The molecule has 0 aliphatic rings. The van der Waals surface area contributed by atoms with E-state index in [2.05, 4.69) is 9.72 Å². The molecule has 0 saturated carbocycles. The first-order valence-corrected chi connectivity index (χ1v) is 12.3. The number of carbonyl (C=O) groups is 1. The van der Waals surface area contributed by atoms with Crippen molar-refractivity contribution in [3.05, 3.63) is 59.0 Å². The summed E-state index contributed by atoms with van der Waals surface area (Å²) in [6, 6.07) is 9.34. The Morgan fingerprint density at radius 1 is 1.15 bits per heavy atom. The van der Waals surface area contributed by atoms with Gasteiger partial charge in [0.1, 0.15) is 10.8 Å². The van der Waals surface area contributed by atoms with Crippen molar-refractivity contribution < 1.29 is 35.9 Å². The van der Waals surface area contributed by atoms with Gasteiger partial charge in [-0.2, -0.15) is 0 Å². The summed E-state index contributed by atoms with van der Waals surface area (Å²) in [6.45, 7) is 3.61. The van der Waals surface area contributed by atoms with Crippen LogP contribution < -0.4 is 9.04 Å². The van der Waals surface area contributed by atoms with Crippen LogP contribution in [0.2, 0.25) is 0 Å². The molecule has 0 saturated heterocycles. The van der Waals surface area contributed by atoms with Crippen LogP contribution in [0.5, 0.6) is 5.75 Å².